The third kappa shape index (κ3) is 2.74. The molecule has 0 unspecified atom stereocenters. The van der Waals surface area contributed by atoms with E-state index in [1.54, 1.807) is 6.26 Å². The fraction of sp³-hybridized carbons (Fsp3) is 0.538. The maximum atomic E-state index is 5.46. The lowest BCUT2D eigenvalue weighted by Crippen LogP contribution is -2.28. The second-order valence-corrected chi connectivity index (χ2v) is 4.43. The van der Waals surface area contributed by atoms with E-state index in [0.717, 1.165) is 31.9 Å². The number of nitrogens with zero attached hydrogens (tertiary/aromatic N) is 1. The van der Waals surface area contributed by atoms with Crippen LogP contribution in [0.5, 0.6) is 0 Å². The largest absolute Gasteiger partial charge is 0.468 e. The third-order valence-corrected chi connectivity index (χ3v) is 3.09. The molecule has 0 amide bonds. The summed E-state index contributed by atoms with van der Waals surface area (Å²) in [6.07, 6.45) is 5.30. The Balaban J connectivity index is 1.96. The zero-order valence-electron chi connectivity index (χ0n) is 10.1. The van der Waals surface area contributed by atoms with Gasteiger partial charge in [0.2, 0.25) is 0 Å². The average molecular weight is 220 g/mol. The van der Waals surface area contributed by atoms with Crippen LogP contribution < -0.4 is 5.32 Å². The van der Waals surface area contributed by atoms with Crippen molar-refractivity contribution < 1.29 is 4.42 Å². The van der Waals surface area contributed by atoms with E-state index in [2.05, 4.69) is 29.3 Å². The molecule has 1 N–H and O–H groups in total. The molecule has 3 heteroatoms. The molecule has 0 bridgehead atoms. The summed E-state index contributed by atoms with van der Waals surface area (Å²) >= 11 is 0. The van der Waals surface area contributed by atoms with Crippen LogP contribution in [0.1, 0.15) is 24.7 Å². The Hall–Kier alpha value is -1.06. The molecule has 1 aliphatic heterocycles. The van der Waals surface area contributed by atoms with Crippen LogP contribution in [0.25, 0.3) is 0 Å². The Morgan fingerprint density at radius 1 is 1.50 bits per heavy atom. The highest BCUT2D eigenvalue weighted by Crippen LogP contribution is 2.16. The molecule has 1 aliphatic rings. The molecule has 0 radical (unpaired) electrons. The van der Waals surface area contributed by atoms with Gasteiger partial charge in [0.15, 0.2) is 0 Å². The number of furan rings is 1. The summed E-state index contributed by atoms with van der Waals surface area (Å²) in [6, 6.07) is 2.08. The highest BCUT2D eigenvalue weighted by Gasteiger charge is 2.13. The van der Waals surface area contributed by atoms with Crippen LogP contribution in [0.15, 0.2) is 28.4 Å². The van der Waals surface area contributed by atoms with Gasteiger partial charge in [-0.3, -0.25) is 4.90 Å². The third-order valence-electron chi connectivity index (χ3n) is 3.09. The topological polar surface area (TPSA) is 28.4 Å². The first kappa shape index (κ1) is 11.4. The molecule has 0 aromatic carbocycles. The summed E-state index contributed by atoms with van der Waals surface area (Å²) in [5.41, 5.74) is 2.82. The molecule has 16 heavy (non-hydrogen) atoms. The monoisotopic (exact) mass is 220 g/mol. The van der Waals surface area contributed by atoms with Gasteiger partial charge in [-0.25, -0.2) is 0 Å². The number of hydrogen-bond acceptors (Lipinski definition) is 3. The van der Waals surface area contributed by atoms with Gasteiger partial charge < -0.3 is 9.73 Å². The molecular formula is C13H20N2O. The average Bonchev–Trinajstić information content (AvgIpc) is 2.70. The van der Waals surface area contributed by atoms with Crippen molar-refractivity contribution in [1.82, 2.24) is 10.2 Å². The number of nitrogens with one attached hydrogen (secondary N) is 1. The van der Waals surface area contributed by atoms with Crippen molar-refractivity contribution in [3.63, 3.8) is 0 Å². The lowest BCUT2D eigenvalue weighted by atomic mass is 10.1. The Bertz CT molecular complexity index is 368. The SMILES string of the molecule is CNCc1occc1CN1CC=C(C)CC1. The molecule has 3 nitrogen and oxygen atoms in total. The van der Waals surface area contributed by atoms with Crippen molar-refractivity contribution in [2.45, 2.75) is 26.4 Å². The summed E-state index contributed by atoms with van der Waals surface area (Å²) < 4.78 is 5.46. The highest BCUT2D eigenvalue weighted by molar-refractivity contribution is 5.17. The van der Waals surface area contributed by atoms with Crippen molar-refractivity contribution in [3.05, 3.63) is 35.3 Å². The smallest absolute Gasteiger partial charge is 0.122 e. The standard InChI is InChI=1S/C13H20N2O/c1-11-3-6-15(7-4-11)10-12-5-8-16-13(12)9-14-2/h3,5,8,14H,4,6-7,9-10H2,1-2H3. The summed E-state index contributed by atoms with van der Waals surface area (Å²) in [7, 11) is 1.94. The summed E-state index contributed by atoms with van der Waals surface area (Å²) in [6.45, 7) is 6.24. The van der Waals surface area contributed by atoms with Crippen molar-refractivity contribution in [2.24, 2.45) is 0 Å². The lowest BCUT2D eigenvalue weighted by Gasteiger charge is -2.24. The normalized spacial score (nSPS) is 17.5. The molecule has 0 atom stereocenters. The molecule has 88 valence electrons. The molecule has 2 heterocycles. The molecule has 1 aromatic rings. The van der Waals surface area contributed by atoms with Crippen molar-refractivity contribution in [1.29, 1.82) is 0 Å². The zero-order valence-corrected chi connectivity index (χ0v) is 10.1. The fourth-order valence-corrected chi connectivity index (χ4v) is 2.02. The quantitative estimate of drug-likeness (QED) is 0.788. The van der Waals surface area contributed by atoms with Crippen LogP contribution in [0.4, 0.5) is 0 Å². The fourth-order valence-electron chi connectivity index (χ4n) is 2.02. The van der Waals surface area contributed by atoms with E-state index in [1.165, 1.54) is 17.6 Å². The Morgan fingerprint density at radius 2 is 2.38 bits per heavy atom. The second kappa shape index (κ2) is 5.32. The summed E-state index contributed by atoms with van der Waals surface area (Å²) in [5, 5.41) is 3.13. The highest BCUT2D eigenvalue weighted by atomic mass is 16.3. The molecule has 0 aliphatic carbocycles. The lowest BCUT2D eigenvalue weighted by molar-refractivity contribution is 0.283. The van der Waals surface area contributed by atoms with Gasteiger partial charge >= 0.3 is 0 Å². The van der Waals surface area contributed by atoms with E-state index in [4.69, 9.17) is 4.42 Å². The van der Waals surface area contributed by atoms with Gasteiger partial charge in [-0.05, 0) is 26.5 Å². The second-order valence-electron chi connectivity index (χ2n) is 4.43. The van der Waals surface area contributed by atoms with Gasteiger partial charge in [0.05, 0.1) is 12.8 Å². The Kier molecular flexibility index (Phi) is 3.80. The van der Waals surface area contributed by atoms with Crippen LogP contribution in [0, 0.1) is 0 Å². The maximum absolute atomic E-state index is 5.46. The molecule has 2 rings (SSSR count). The molecule has 0 fully saturated rings. The summed E-state index contributed by atoms with van der Waals surface area (Å²) in [4.78, 5) is 2.46. The van der Waals surface area contributed by atoms with Crippen LogP contribution in [0.2, 0.25) is 0 Å². The van der Waals surface area contributed by atoms with E-state index in [0.29, 0.717) is 0 Å². The van der Waals surface area contributed by atoms with Crippen LogP contribution in [-0.4, -0.2) is 25.0 Å². The predicted molar refractivity (Wildman–Crippen MR) is 65.1 cm³/mol. The first-order chi connectivity index (χ1) is 7.79. The number of hydrogen-bond donors (Lipinski definition) is 1. The van der Waals surface area contributed by atoms with Gasteiger partial charge in [0.25, 0.3) is 0 Å². The first-order valence-electron chi connectivity index (χ1n) is 5.87. The van der Waals surface area contributed by atoms with Crippen LogP contribution in [-0.2, 0) is 13.1 Å². The van der Waals surface area contributed by atoms with Gasteiger partial charge in [-0.2, -0.15) is 0 Å². The Labute approximate surface area is 97.1 Å². The van der Waals surface area contributed by atoms with Crippen molar-refractivity contribution in [3.8, 4) is 0 Å². The van der Waals surface area contributed by atoms with E-state index in [-0.39, 0.29) is 0 Å². The zero-order chi connectivity index (χ0) is 11.4. The minimum Gasteiger partial charge on any atom is -0.468 e. The molecule has 0 saturated heterocycles. The predicted octanol–water partition coefficient (Wildman–Crippen LogP) is 2.15. The van der Waals surface area contributed by atoms with Gasteiger partial charge in [-0.15, -0.1) is 0 Å². The molecule has 0 spiro atoms. The Morgan fingerprint density at radius 3 is 3.06 bits per heavy atom. The van der Waals surface area contributed by atoms with Crippen LogP contribution in [0.3, 0.4) is 0 Å². The van der Waals surface area contributed by atoms with E-state index in [1.807, 2.05) is 7.05 Å². The van der Waals surface area contributed by atoms with Gasteiger partial charge in [-0.1, -0.05) is 11.6 Å². The molecular weight excluding hydrogens is 200 g/mol. The first-order valence-corrected chi connectivity index (χ1v) is 5.87. The van der Waals surface area contributed by atoms with E-state index in [9.17, 15) is 0 Å². The van der Waals surface area contributed by atoms with E-state index < -0.39 is 0 Å². The van der Waals surface area contributed by atoms with Crippen molar-refractivity contribution >= 4 is 0 Å². The van der Waals surface area contributed by atoms with Gasteiger partial charge in [0.1, 0.15) is 5.76 Å². The molecule has 1 aromatic heterocycles. The van der Waals surface area contributed by atoms with Crippen molar-refractivity contribution in [2.75, 3.05) is 20.1 Å². The number of rotatable bonds is 4. The van der Waals surface area contributed by atoms with Gasteiger partial charge in [0, 0.05) is 25.2 Å². The van der Waals surface area contributed by atoms with Crippen LogP contribution >= 0.6 is 0 Å². The minimum atomic E-state index is 0.811. The summed E-state index contributed by atoms with van der Waals surface area (Å²) in [5.74, 6) is 1.06. The minimum absolute atomic E-state index is 0.811. The van der Waals surface area contributed by atoms with E-state index >= 15 is 0 Å². The molecule has 0 saturated carbocycles. The maximum Gasteiger partial charge on any atom is 0.122 e.